The lowest BCUT2D eigenvalue weighted by molar-refractivity contribution is 0.100. The number of nitrogens with two attached hydrogens (primary N) is 3. The fourth-order valence-corrected chi connectivity index (χ4v) is 3.01. The molecule has 1 aromatic heterocycles. The molecule has 6 N–H and O–H groups in total. The van der Waals surface area contributed by atoms with Gasteiger partial charge in [-0.05, 0) is 6.42 Å². The molecule has 1 unspecified atom stereocenters. The molecule has 1 saturated heterocycles. The summed E-state index contributed by atoms with van der Waals surface area (Å²) in [5.41, 5.74) is 17.3. The average molecular weight is 251 g/mol. The van der Waals surface area contributed by atoms with Crippen molar-refractivity contribution >= 4 is 27.9 Å². The van der Waals surface area contributed by atoms with E-state index < -0.39 is 5.91 Å². The molecule has 90 valence electrons. The number of nitriles is 1. The number of anilines is 2. The zero-order valence-electron chi connectivity index (χ0n) is 9.14. The summed E-state index contributed by atoms with van der Waals surface area (Å²) in [6, 6.07) is 2.06. The number of thiophene rings is 1. The van der Waals surface area contributed by atoms with E-state index in [1.165, 1.54) is 11.3 Å². The Hall–Kier alpha value is -1.78. The predicted octanol–water partition coefficient (Wildman–Crippen LogP) is -0.162. The first-order chi connectivity index (χ1) is 8.04. The highest BCUT2D eigenvalue weighted by Gasteiger charge is 2.28. The van der Waals surface area contributed by atoms with Crippen LogP contribution in [0.25, 0.3) is 0 Å². The van der Waals surface area contributed by atoms with Crippen LogP contribution in [0.2, 0.25) is 0 Å². The summed E-state index contributed by atoms with van der Waals surface area (Å²) < 4.78 is 0. The van der Waals surface area contributed by atoms with Crippen molar-refractivity contribution in [3.8, 4) is 6.07 Å². The Kier molecular flexibility index (Phi) is 2.92. The van der Waals surface area contributed by atoms with E-state index in [4.69, 9.17) is 22.5 Å². The second-order valence-corrected chi connectivity index (χ2v) is 4.99. The number of nitrogen functional groups attached to an aromatic ring is 1. The van der Waals surface area contributed by atoms with Crippen molar-refractivity contribution < 1.29 is 4.79 Å². The molecule has 1 aliphatic heterocycles. The van der Waals surface area contributed by atoms with Crippen molar-refractivity contribution in [2.45, 2.75) is 12.5 Å². The smallest absolute Gasteiger partial charge is 0.253 e. The van der Waals surface area contributed by atoms with E-state index in [0.29, 0.717) is 16.4 Å². The van der Waals surface area contributed by atoms with Gasteiger partial charge in [0.05, 0.1) is 11.3 Å². The van der Waals surface area contributed by atoms with Gasteiger partial charge in [0.15, 0.2) is 0 Å². The number of hydrogen-bond donors (Lipinski definition) is 3. The fraction of sp³-hybridized carbons (Fsp3) is 0.400. The number of amides is 1. The third kappa shape index (κ3) is 1.92. The first-order valence-corrected chi connectivity index (χ1v) is 5.99. The quantitative estimate of drug-likeness (QED) is 0.674. The molecule has 1 fully saturated rings. The molecule has 1 amide bonds. The van der Waals surface area contributed by atoms with E-state index in [2.05, 4.69) is 0 Å². The van der Waals surface area contributed by atoms with E-state index in [-0.39, 0.29) is 17.3 Å². The van der Waals surface area contributed by atoms with Gasteiger partial charge in [0.25, 0.3) is 5.91 Å². The molecule has 0 spiro atoms. The molecule has 2 rings (SSSR count). The molecule has 1 aromatic rings. The maximum atomic E-state index is 11.4. The molecule has 1 atom stereocenters. The Morgan fingerprint density at radius 1 is 1.59 bits per heavy atom. The summed E-state index contributed by atoms with van der Waals surface area (Å²) in [6.45, 7) is 1.41. The van der Waals surface area contributed by atoms with Crippen LogP contribution < -0.4 is 22.1 Å². The number of carbonyl (C=O) groups is 1. The number of primary amides is 1. The molecular formula is C10H13N5OS. The Bertz CT molecular complexity index is 504. The van der Waals surface area contributed by atoms with Crippen molar-refractivity contribution in [1.29, 1.82) is 5.26 Å². The number of carbonyl (C=O) groups excluding carboxylic acids is 1. The van der Waals surface area contributed by atoms with Gasteiger partial charge < -0.3 is 22.1 Å². The number of nitrogens with zero attached hydrogens (tertiary/aromatic N) is 2. The van der Waals surface area contributed by atoms with Gasteiger partial charge in [0.1, 0.15) is 15.9 Å². The first kappa shape index (κ1) is 11.7. The zero-order chi connectivity index (χ0) is 12.6. The highest BCUT2D eigenvalue weighted by atomic mass is 32.1. The van der Waals surface area contributed by atoms with Crippen molar-refractivity contribution in [3.63, 3.8) is 0 Å². The molecule has 1 aliphatic rings. The van der Waals surface area contributed by atoms with Crippen molar-refractivity contribution in [1.82, 2.24) is 0 Å². The minimum Gasteiger partial charge on any atom is -0.396 e. The van der Waals surface area contributed by atoms with Crippen LogP contribution >= 0.6 is 11.3 Å². The Balaban J connectivity index is 2.46. The van der Waals surface area contributed by atoms with Crippen LogP contribution in [0.15, 0.2) is 0 Å². The predicted molar refractivity (Wildman–Crippen MR) is 66.8 cm³/mol. The summed E-state index contributed by atoms with van der Waals surface area (Å²) in [5, 5.41) is 9.58. The molecule has 17 heavy (non-hydrogen) atoms. The van der Waals surface area contributed by atoms with Crippen LogP contribution in [0, 0.1) is 11.3 Å². The molecule has 0 saturated carbocycles. The molecule has 0 aliphatic carbocycles. The molecule has 7 heteroatoms. The lowest BCUT2D eigenvalue weighted by Crippen LogP contribution is -2.27. The second kappa shape index (κ2) is 4.24. The van der Waals surface area contributed by atoms with Crippen LogP contribution in [-0.4, -0.2) is 25.0 Å². The topological polar surface area (TPSA) is 122 Å². The highest BCUT2D eigenvalue weighted by molar-refractivity contribution is 7.17. The Morgan fingerprint density at radius 2 is 2.29 bits per heavy atom. The maximum absolute atomic E-state index is 11.4. The zero-order valence-corrected chi connectivity index (χ0v) is 9.96. The molecule has 2 heterocycles. The second-order valence-electron chi connectivity index (χ2n) is 4.00. The van der Waals surface area contributed by atoms with Gasteiger partial charge in [-0.1, -0.05) is 0 Å². The largest absolute Gasteiger partial charge is 0.396 e. The summed E-state index contributed by atoms with van der Waals surface area (Å²) >= 11 is 1.20. The van der Waals surface area contributed by atoms with E-state index in [0.717, 1.165) is 13.0 Å². The molecule has 0 bridgehead atoms. The van der Waals surface area contributed by atoms with E-state index in [1.54, 1.807) is 0 Å². The average Bonchev–Trinajstić information content (AvgIpc) is 2.81. The van der Waals surface area contributed by atoms with Crippen molar-refractivity contribution in [2.75, 3.05) is 23.7 Å². The minimum absolute atomic E-state index is 0.0876. The lowest BCUT2D eigenvalue weighted by atomic mass is 10.2. The third-order valence-electron chi connectivity index (χ3n) is 2.79. The van der Waals surface area contributed by atoms with Gasteiger partial charge in [0, 0.05) is 19.1 Å². The number of hydrogen-bond acceptors (Lipinski definition) is 6. The van der Waals surface area contributed by atoms with Gasteiger partial charge >= 0.3 is 0 Å². The first-order valence-electron chi connectivity index (χ1n) is 5.17. The Morgan fingerprint density at radius 3 is 2.76 bits per heavy atom. The van der Waals surface area contributed by atoms with Gasteiger partial charge in [-0.25, -0.2) is 0 Å². The van der Waals surface area contributed by atoms with Crippen LogP contribution in [0.1, 0.15) is 21.7 Å². The van der Waals surface area contributed by atoms with Crippen LogP contribution in [0.4, 0.5) is 10.7 Å². The Labute approximate surface area is 103 Å². The minimum atomic E-state index is -0.601. The van der Waals surface area contributed by atoms with E-state index >= 15 is 0 Å². The summed E-state index contributed by atoms with van der Waals surface area (Å²) in [7, 11) is 0. The van der Waals surface area contributed by atoms with Gasteiger partial charge in [-0.15, -0.1) is 11.3 Å². The van der Waals surface area contributed by atoms with Gasteiger partial charge in [-0.2, -0.15) is 5.26 Å². The van der Waals surface area contributed by atoms with E-state index in [1.807, 2.05) is 11.0 Å². The highest BCUT2D eigenvalue weighted by Crippen LogP contribution is 2.38. The SMILES string of the molecule is N#Cc1sc(N2CCC(N)C2)c(C(N)=O)c1N. The summed E-state index contributed by atoms with van der Waals surface area (Å²) in [5.74, 6) is -0.601. The molecule has 6 nitrogen and oxygen atoms in total. The van der Waals surface area contributed by atoms with Gasteiger partial charge in [-0.3, -0.25) is 4.79 Å². The maximum Gasteiger partial charge on any atom is 0.253 e. The monoisotopic (exact) mass is 251 g/mol. The fourth-order valence-electron chi connectivity index (χ4n) is 1.95. The normalized spacial score (nSPS) is 19.3. The molecule has 0 aromatic carbocycles. The van der Waals surface area contributed by atoms with Gasteiger partial charge in [0.2, 0.25) is 0 Å². The van der Waals surface area contributed by atoms with Crippen molar-refractivity contribution in [3.05, 3.63) is 10.4 Å². The van der Waals surface area contributed by atoms with Crippen molar-refractivity contribution in [2.24, 2.45) is 11.5 Å². The summed E-state index contributed by atoms with van der Waals surface area (Å²) in [6.07, 6.45) is 0.859. The van der Waals surface area contributed by atoms with Crippen LogP contribution in [0.5, 0.6) is 0 Å². The molecular weight excluding hydrogens is 238 g/mol. The van der Waals surface area contributed by atoms with E-state index in [9.17, 15) is 4.79 Å². The van der Waals surface area contributed by atoms with Crippen LogP contribution in [-0.2, 0) is 0 Å². The third-order valence-corrected chi connectivity index (χ3v) is 3.96. The lowest BCUT2D eigenvalue weighted by Gasteiger charge is -2.16. The molecule has 0 radical (unpaired) electrons. The number of rotatable bonds is 2. The van der Waals surface area contributed by atoms with Crippen LogP contribution in [0.3, 0.4) is 0 Å². The summed E-state index contributed by atoms with van der Waals surface area (Å²) in [4.78, 5) is 13.7. The standard InChI is InChI=1S/C10H13N5OS/c11-3-6-8(13)7(9(14)16)10(17-6)15-2-1-5(12)4-15/h5H,1-2,4,12-13H2,(H2,14,16).